The van der Waals surface area contributed by atoms with E-state index in [0.29, 0.717) is 12.1 Å². The van der Waals surface area contributed by atoms with Gasteiger partial charge in [0.1, 0.15) is 17.5 Å². The maximum atomic E-state index is 13.7. The first-order chi connectivity index (χ1) is 13.6. The van der Waals surface area contributed by atoms with Crippen LogP contribution in [0.4, 0.5) is 13.2 Å². The molecule has 0 spiro atoms. The van der Waals surface area contributed by atoms with Gasteiger partial charge in [0.15, 0.2) is 0 Å². The number of benzene rings is 2. The quantitative estimate of drug-likeness (QED) is 0.824. The van der Waals surface area contributed by atoms with E-state index in [4.69, 9.17) is 0 Å². The van der Waals surface area contributed by atoms with Crippen LogP contribution in [0.5, 0.6) is 0 Å². The SMILES string of the molecule is Cc1cc(F)ccc1[C@@H]1CNCC[C@H]1N(C)C(=O)C(C)(C)c1cc(F)cc(F)c1. The molecule has 1 aliphatic rings. The molecule has 0 aliphatic carbocycles. The fourth-order valence-corrected chi connectivity index (χ4v) is 4.31. The topological polar surface area (TPSA) is 32.3 Å². The van der Waals surface area contributed by atoms with Crippen LogP contribution in [0.2, 0.25) is 0 Å². The lowest BCUT2D eigenvalue weighted by Gasteiger charge is -2.42. The summed E-state index contributed by atoms with van der Waals surface area (Å²) in [6, 6.07) is 7.83. The molecule has 0 bridgehead atoms. The molecular weight excluding hydrogens is 377 g/mol. The largest absolute Gasteiger partial charge is 0.341 e. The number of halogens is 3. The molecule has 1 saturated heterocycles. The van der Waals surface area contributed by atoms with Crippen molar-refractivity contribution < 1.29 is 18.0 Å². The van der Waals surface area contributed by atoms with Crippen LogP contribution in [0.15, 0.2) is 36.4 Å². The van der Waals surface area contributed by atoms with Gasteiger partial charge in [0, 0.05) is 31.6 Å². The van der Waals surface area contributed by atoms with Crippen LogP contribution in [0.25, 0.3) is 0 Å². The van der Waals surface area contributed by atoms with Crippen molar-refractivity contribution in [3.63, 3.8) is 0 Å². The third kappa shape index (κ3) is 4.32. The summed E-state index contributed by atoms with van der Waals surface area (Å²) in [7, 11) is 1.74. The van der Waals surface area contributed by atoms with Gasteiger partial charge in [0.05, 0.1) is 5.41 Å². The number of carbonyl (C=O) groups excluding carboxylic acids is 1. The molecule has 3 nitrogen and oxygen atoms in total. The molecule has 1 fully saturated rings. The molecule has 0 unspecified atom stereocenters. The number of likely N-dealkylation sites (N-methyl/N-ethyl adjacent to an activating group) is 1. The van der Waals surface area contributed by atoms with Crippen molar-refractivity contribution in [3.05, 3.63) is 70.5 Å². The van der Waals surface area contributed by atoms with E-state index in [-0.39, 0.29) is 23.7 Å². The number of hydrogen-bond donors (Lipinski definition) is 1. The molecule has 1 heterocycles. The van der Waals surface area contributed by atoms with E-state index >= 15 is 0 Å². The number of amides is 1. The molecular formula is C23H27F3N2O. The molecule has 2 aromatic rings. The van der Waals surface area contributed by atoms with Crippen LogP contribution >= 0.6 is 0 Å². The van der Waals surface area contributed by atoms with E-state index in [2.05, 4.69) is 5.32 Å². The standard InChI is InChI=1S/C23H27F3N2O/c1-14-9-16(24)5-6-19(14)20-13-27-8-7-21(20)28(4)22(29)23(2,3)15-10-17(25)12-18(26)11-15/h5-6,9-12,20-21,27H,7-8,13H2,1-4H3/t20-,21+/m0/s1. The van der Waals surface area contributed by atoms with E-state index in [1.165, 1.54) is 24.3 Å². The van der Waals surface area contributed by atoms with E-state index in [1.54, 1.807) is 31.9 Å². The van der Waals surface area contributed by atoms with Gasteiger partial charge < -0.3 is 10.2 Å². The molecule has 156 valence electrons. The Balaban J connectivity index is 1.91. The lowest BCUT2D eigenvalue weighted by atomic mass is 9.80. The Labute approximate surface area is 169 Å². The molecule has 0 saturated carbocycles. The Kier molecular flexibility index (Phi) is 6.03. The first-order valence-electron chi connectivity index (χ1n) is 9.82. The minimum Gasteiger partial charge on any atom is -0.341 e. The number of piperidine rings is 1. The highest BCUT2D eigenvalue weighted by Crippen LogP contribution is 2.34. The second-order valence-electron chi connectivity index (χ2n) is 8.37. The molecule has 6 heteroatoms. The van der Waals surface area contributed by atoms with Crippen LogP contribution < -0.4 is 5.32 Å². The Morgan fingerprint density at radius 2 is 1.72 bits per heavy atom. The Hall–Kier alpha value is -2.34. The fourth-order valence-electron chi connectivity index (χ4n) is 4.31. The molecule has 2 aromatic carbocycles. The summed E-state index contributed by atoms with van der Waals surface area (Å²) in [6.07, 6.45) is 0.733. The number of aryl methyl sites for hydroxylation is 1. The fraction of sp³-hybridized carbons (Fsp3) is 0.435. The van der Waals surface area contributed by atoms with E-state index in [0.717, 1.165) is 30.2 Å². The maximum absolute atomic E-state index is 13.7. The Morgan fingerprint density at radius 1 is 1.07 bits per heavy atom. The molecule has 0 radical (unpaired) electrons. The van der Waals surface area contributed by atoms with Gasteiger partial charge in [-0.1, -0.05) is 6.07 Å². The van der Waals surface area contributed by atoms with Gasteiger partial charge in [-0.2, -0.15) is 0 Å². The average molecular weight is 404 g/mol. The summed E-state index contributed by atoms with van der Waals surface area (Å²) in [5.41, 5.74) is 1.05. The highest BCUT2D eigenvalue weighted by molar-refractivity contribution is 5.87. The zero-order valence-electron chi connectivity index (χ0n) is 17.2. The van der Waals surface area contributed by atoms with Crippen LogP contribution in [0.3, 0.4) is 0 Å². The molecule has 2 atom stereocenters. The molecule has 0 aromatic heterocycles. The number of hydrogen-bond acceptors (Lipinski definition) is 2. The van der Waals surface area contributed by atoms with Crippen molar-refractivity contribution in [2.45, 2.75) is 44.6 Å². The zero-order chi connectivity index (χ0) is 21.3. The van der Waals surface area contributed by atoms with Crippen molar-refractivity contribution in [1.29, 1.82) is 0 Å². The van der Waals surface area contributed by atoms with Crippen molar-refractivity contribution in [2.24, 2.45) is 0 Å². The smallest absolute Gasteiger partial charge is 0.232 e. The minimum atomic E-state index is -1.09. The second kappa shape index (κ2) is 8.19. The number of carbonyl (C=O) groups is 1. The lowest BCUT2D eigenvalue weighted by Crippen LogP contribution is -2.53. The molecule has 1 aliphatic heterocycles. The third-order valence-electron chi connectivity index (χ3n) is 6.01. The minimum absolute atomic E-state index is 0.00153. The first kappa shape index (κ1) is 21.4. The van der Waals surface area contributed by atoms with E-state index in [9.17, 15) is 18.0 Å². The summed E-state index contributed by atoms with van der Waals surface area (Å²) >= 11 is 0. The maximum Gasteiger partial charge on any atom is 0.232 e. The summed E-state index contributed by atoms with van der Waals surface area (Å²) in [5, 5.41) is 3.35. The summed E-state index contributed by atoms with van der Waals surface area (Å²) in [4.78, 5) is 15.1. The van der Waals surface area contributed by atoms with Crippen LogP contribution in [-0.2, 0) is 10.2 Å². The van der Waals surface area contributed by atoms with Crippen molar-refractivity contribution in [3.8, 4) is 0 Å². The average Bonchev–Trinajstić information content (AvgIpc) is 2.66. The number of nitrogens with one attached hydrogen (secondary N) is 1. The predicted octanol–water partition coefficient (Wildman–Crippen LogP) is 4.29. The lowest BCUT2D eigenvalue weighted by molar-refractivity contribution is -0.138. The molecule has 1 N–H and O–H groups in total. The van der Waals surface area contributed by atoms with Gasteiger partial charge in [-0.15, -0.1) is 0 Å². The summed E-state index contributed by atoms with van der Waals surface area (Å²) in [5.74, 6) is -1.90. The van der Waals surface area contributed by atoms with Crippen molar-refractivity contribution in [2.75, 3.05) is 20.1 Å². The van der Waals surface area contributed by atoms with Crippen molar-refractivity contribution in [1.82, 2.24) is 10.2 Å². The number of nitrogens with zero attached hydrogens (tertiary/aromatic N) is 1. The van der Waals surface area contributed by atoms with Crippen LogP contribution in [0, 0.1) is 24.4 Å². The normalized spacial score (nSPS) is 19.8. The molecule has 1 amide bonds. The van der Waals surface area contributed by atoms with Crippen LogP contribution in [-0.4, -0.2) is 37.0 Å². The second-order valence-corrected chi connectivity index (χ2v) is 8.37. The van der Waals surface area contributed by atoms with Gasteiger partial charge >= 0.3 is 0 Å². The summed E-state index contributed by atoms with van der Waals surface area (Å²) < 4.78 is 41.0. The van der Waals surface area contributed by atoms with Crippen LogP contribution in [0.1, 0.15) is 42.9 Å². The van der Waals surface area contributed by atoms with Crippen molar-refractivity contribution >= 4 is 5.91 Å². The van der Waals surface area contributed by atoms with Gasteiger partial charge in [-0.05, 0) is 74.7 Å². The predicted molar refractivity (Wildman–Crippen MR) is 107 cm³/mol. The monoisotopic (exact) mass is 404 g/mol. The van der Waals surface area contributed by atoms with Gasteiger partial charge in [0.25, 0.3) is 0 Å². The van der Waals surface area contributed by atoms with Gasteiger partial charge in [-0.3, -0.25) is 4.79 Å². The first-order valence-corrected chi connectivity index (χ1v) is 9.82. The highest BCUT2D eigenvalue weighted by atomic mass is 19.1. The molecule has 29 heavy (non-hydrogen) atoms. The third-order valence-corrected chi connectivity index (χ3v) is 6.01. The van der Waals surface area contributed by atoms with E-state index in [1.807, 2.05) is 6.92 Å². The van der Waals surface area contributed by atoms with E-state index < -0.39 is 17.0 Å². The zero-order valence-corrected chi connectivity index (χ0v) is 17.2. The Morgan fingerprint density at radius 3 is 2.34 bits per heavy atom. The van der Waals surface area contributed by atoms with Gasteiger partial charge in [-0.25, -0.2) is 13.2 Å². The number of rotatable bonds is 4. The Bertz CT molecular complexity index is 893. The highest BCUT2D eigenvalue weighted by Gasteiger charge is 2.39. The summed E-state index contributed by atoms with van der Waals surface area (Å²) in [6.45, 7) is 6.65. The van der Waals surface area contributed by atoms with Gasteiger partial charge in [0.2, 0.25) is 5.91 Å². The molecule has 3 rings (SSSR count).